The number of amides is 1. The van der Waals surface area contributed by atoms with Crippen molar-refractivity contribution in [3.05, 3.63) is 28.8 Å². The van der Waals surface area contributed by atoms with Gasteiger partial charge >= 0.3 is 0 Å². The Kier molecular flexibility index (Phi) is 5.25. The molecule has 0 aliphatic heterocycles. The van der Waals surface area contributed by atoms with E-state index < -0.39 is 0 Å². The fraction of sp³-hybridized carbons (Fsp3) is 0.417. The van der Waals surface area contributed by atoms with Crippen molar-refractivity contribution in [3.63, 3.8) is 0 Å². The molecule has 0 bridgehead atoms. The van der Waals surface area contributed by atoms with Gasteiger partial charge in [0.25, 0.3) is 0 Å². The Balaban J connectivity index is 2.60. The van der Waals surface area contributed by atoms with Crippen LogP contribution in [0.25, 0.3) is 0 Å². The van der Waals surface area contributed by atoms with Crippen LogP contribution in [0.4, 0.5) is 0 Å². The van der Waals surface area contributed by atoms with Crippen molar-refractivity contribution in [2.24, 2.45) is 5.73 Å². The summed E-state index contributed by atoms with van der Waals surface area (Å²) in [5, 5.41) is 0.519. The molecule has 0 radical (unpaired) electrons. The average Bonchev–Trinajstić information content (AvgIpc) is 2.30. The van der Waals surface area contributed by atoms with Crippen LogP contribution < -0.4 is 10.5 Å². The molecular weight excluding hydrogens is 240 g/mol. The molecule has 1 rings (SSSR count). The number of carbonyl (C=O) groups excluding carboxylic acids is 1. The lowest BCUT2D eigenvalue weighted by molar-refractivity contribution is -0.129. The predicted molar refractivity (Wildman–Crippen MR) is 68.1 cm³/mol. The molecule has 1 aromatic carbocycles. The summed E-state index contributed by atoms with van der Waals surface area (Å²) in [6.07, 6.45) is 0.322. The third kappa shape index (κ3) is 3.91. The summed E-state index contributed by atoms with van der Waals surface area (Å²) < 4.78 is 5.52. The first-order chi connectivity index (χ1) is 8.06. The summed E-state index contributed by atoms with van der Waals surface area (Å²) in [6, 6.07) is 5.42. The van der Waals surface area contributed by atoms with Crippen LogP contribution in [0, 0.1) is 0 Å². The summed E-state index contributed by atoms with van der Waals surface area (Å²) in [4.78, 5) is 12.9. The Morgan fingerprint density at radius 3 is 2.76 bits per heavy atom. The minimum absolute atomic E-state index is 0.0198. The van der Waals surface area contributed by atoms with Gasteiger partial charge in [-0.1, -0.05) is 23.7 Å². The second kappa shape index (κ2) is 6.47. The van der Waals surface area contributed by atoms with Crippen LogP contribution in [-0.2, 0) is 11.3 Å². The monoisotopic (exact) mass is 256 g/mol. The van der Waals surface area contributed by atoms with Gasteiger partial charge in [-0.2, -0.15) is 0 Å². The predicted octanol–water partition coefficient (Wildman–Crippen LogP) is 1.66. The number of nitrogens with zero attached hydrogens (tertiary/aromatic N) is 1. The normalized spacial score (nSPS) is 10.1. The van der Waals surface area contributed by atoms with Gasteiger partial charge in [-0.25, -0.2) is 0 Å². The second-order valence-corrected chi connectivity index (χ2v) is 4.23. The molecule has 0 saturated carbocycles. The van der Waals surface area contributed by atoms with E-state index in [0.717, 1.165) is 5.56 Å². The summed E-state index contributed by atoms with van der Waals surface area (Å²) in [6.45, 7) is 0.658. The van der Waals surface area contributed by atoms with Crippen molar-refractivity contribution >= 4 is 17.5 Å². The molecule has 4 nitrogen and oxygen atoms in total. The van der Waals surface area contributed by atoms with Gasteiger partial charge in [0, 0.05) is 26.2 Å². The number of para-hydroxylation sites is 1. The molecule has 0 aromatic heterocycles. The Labute approximate surface area is 106 Å². The molecule has 17 heavy (non-hydrogen) atoms. The van der Waals surface area contributed by atoms with Gasteiger partial charge in [-0.05, 0) is 6.07 Å². The number of halogens is 1. The minimum Gasteiger partial charge on any atom is -0.491 e. The SMILES string of the molecule is CN(C)C(=O)CCOc1c(Cl)cccc1CN. The van der Waals surface area contributed by atoms with Gasteiger partial charge in [0.2, 0.25) is 5.91 Å². The maximum absolute atomic E-state index is 11.4. The number of rotatable bonds is 5. The lowest BCUT2D eigenvalue weighted by Crippen LogP contribution is -2.23. The molecule has 0 atom stereocenters. The van der Waals surface area contributed by atoms with Crippen LogP contribution >= 0.6 is 11.6 Å². The maximum Gasteiger partial charge on any atom is 0.225 e. The van der Waals surface area contributed by atoms with E-state index in [9.17, 15) is 4.79 Å². The first-order valence-electron chi connectivity index (χ1n) is 5.36. The van der Waals surface area contributed by atoms with Crippen LogP contribution in [-0.4, -0.2) is 31.5 Å². The fourth-order valence-electron chi connectivity index (χ4n) is 1.34. The van der Waals surface area contributed by atoms with E-state index >= 15 is 0 Å². The Morgan fingerprint density at radius 1 is 1.47 bits per heavy atom. The van der Waals surface area contributed by atoms with Crippen molar-refractivity contribution in [1.82, 2.24) is 4.90 Å². The topological polar surface area (TPSA) is 55.6 Å². The van der Waals surface area contributed by atoms with Gasteiger partial charge in [-0.3, -0.25) is 4.79 Å². The standard InChI is InChI=1S/C12H17ClN2O2/c1-15(2)11(16)6-7-17-12-9(8-14)4-3-5-10(12)13/h3-5H,6-8,14H2,1-2H3. The lowest BCUT2D eigenvalue weighted by atomic mass is 10.2. The molecule has 0 fully saturated rings. The van der Waals surface area contributed by atoms with E-state index in [4.69, 9.17) is 22.1 Å². The zero-order valence-corrected chi connectivity index (χ0v) is 10.8. The van der Waals surface area contributed by atoms with E-state index in [1.165, 1.54) is 4.90 Å². The summed E-state index contributed by atoms with van der Waals surface area (Å²) in [5.41, 5.74) is 6.43. The van der Waals surface area contributed by atoms with Crippen molar-refractivity contribution < 1.29 is 9.53 Å². The number of carbonyl (C=O) groups is 1. The van der Waals surface area contributed by atoms with Crippen LogP contribution in [0.3, 0.4) is 0 Å². The maximum atomic E-state index is 11.4. The van der Waals surface area contributed by atoms with Crippen LogP contribution in [0.15, 0.2) is 18.2 Å². The Morgan fingerprint density at radius 2 is 2.18 bits per heavy atom. The summed E-state index contributed by atoms with van der Waals surface area (Å²) >= 11 is 6.01. The zero-order chi connectivity index (χ0) is 12.8. The fourth-order valence-corrected chi connectivity index (χ4v) is 1.59. The molecule has 0 aliphatic rings. The quantitative estimate of drug-likeness (QED) is 0.872. The number of benzene rings is 1. The van der Waals surface area contributed by atoms with Crippen molar-refractivity contribution in [1.29, 1.82) is 0 Å². The molecule has 94 valence electrons. The number of hydrogen-bond acceptors (Lipinski definition) is 3. The van der Waals surface area contributed by atoms with Gasteiger partial charge in [0.15, 0.2) is 0 Å². The molecular formula is C12H17ClN2O2. The number of hydrogen-bond donors (Lipinski definition) is 1. The van der Waals surface area contributed by atoms with Crippen molar-refractivity contribution in [2.75, 3.05) is 20.7 Å². The molecule has 1 amide bonds. The third-order valence-electron chi connectivity index (χ3n) is 2.33. The molecule has 0 spiro atoms. The zero-order valence-electron chi connectivity index (χ0n) is 10.1. The van der Waals surface area contributed by atoms with E-state index in [2.05, 4.69) is 0 Å². The van der Waals surface area contributed by atoms with Crippen molar-refractivity contribution in [2.45, 2.75) is 13.0 Å². The highest BCUT2D eigenvalue weighted by atomic mass is 35.5. The number of nitrogens with two attached hydrogens (primary N) is 1. The highest BCUT2D eigenvalue weighted by Crippen LogP contribution is 2.28. The second-order valence-electron chi connectivity index (χ2n) is 3.82. The molecule has 0 aliphatic carbocycles. The molecule has 1 aromatic rings. The van der Waals surface area contributed by atoms with Crippen LogP contribution in [0.5, 0.6) is 5.75 Å². The van der Waals surface area contributed by atoms with E-state index in [-0.39, 0.29) is 5.91 Å². The van der Waals surface area contributed by atoms with Gasteiger partial charge in [0.05, 0.1) is 18.1 Å². The Bertz CT molecular complexity index is 394. The van der Waals surface area contributed by atoms with Crippen molar-refractivity contribution in [3.8, 4) is 5.75 Å². The van der Waals surface area contributed by atoms with E-state index in [0.29, 0.717) is 30.3 Å². The van der Waals surface area contributed by atoms with Crippen LogP contribution in [0.2, 0.25) is 5.02 Å². The smallest absolute Gasteiger partial charge is 0.225 e. The Hall–Kier alpha value is -1.26. The highest BCUT2D eigenvalue weighted by molar-refractivity contribution is 6.32. The highest BCUT2D eigenvalue weighted by Gasteiger charge is 2.09. The van der Waals surface area contributed by atoms with Gasteiger partial charge in [0.1, 0.15) is 5.75 Å². The minimum atomic E-state index is 0.0198. The number of ether oxygens (including phenoxy) is 1. The molecule has 2 N–H and O–H groups in total. The van der Waals surface area contributed by atoms with Gasteiger partial charge in [-0.15, -0.1) is 0 Å². The van der Waals surface area contributed by atoms with E-state index in [1.54, 1.807) is 20.2 Å². The molecule has 0 unspecified atom stereocenters. The first-order valence-corrected chi connectivity index (χ1v) is 5.74. The van der Waals surface area contributed by atoms with E-state index in [1.807, 2.05) is 12.1 Å². The first kappa shape index (κ1) is 13.8. The molecule has 5 heteroatoms. The summed E-state index contributed by atoms with van der Waals surface area (Å²) in [5.74, 6) is 0.592. The summed E-state index contributed by atoms with van der Waals surface area (Å²) in [7, 11) is 3.42. The van der Waals surface area contributed by atoms with Gasteiger partial charge < -0.3 is 15.4 Å². The molecule has 0 saturated heterocycles. The largest absolute Gasteiger partial charge is 0.491 e. The molecule has 0 heterocycles. The average molecular weight is 257 g/mol. The van der Waals surface area contributed by atoms with Crippen LogP contribution in [0.1, 0.15) is 12.0 Å². The third-order valence-corrected chi connectivity index (χ3v) is 2.63. The lowest BCUT2D eigenvalue weighted by Gasteiger charge is -2.13.